The van der Waals surface area contributed by atoms with Crippen molar-refractivity contribution < 1.29 is 34.4 Å². The van der Waals surface area contributed by atoms with Gasteiger partial charge < -0.3 is 25.4 Å². The van der Waals surface area contributed by atoms with Crippen molar-refractivity contribution in [2.45, 2.75) is 51.5 Å². The number of phenolic OH excluding ortho intramolecular Hbond substituents is 1. The first-order chi connectivity index (χ1) is 12.8. The Labute approximate surface area is 158 Å². The normalized spacial score (nSPS) is 12.8. The molecule has 0 saturated heterocycles. The topological polar surface area (TPSA) is 133 Å². The fourth-order valence-electron chi connectivity index (χ4n) is 2.51. The van der Waals surface area contributed by atoms with Crippen LogP contribution in [0.3, 0.4) is 0 Å². The molecule has 1 rings (SSSR count). The summed E-state index contributed by atoms with van der Waals surface area (Å²) < 4.78 is 4.88. The largest absolute Gasteiger partial charge is 0.508 e. The van der Waals surface area contributed by atoms with Crippen LogP contribution in [0.15, 0.2) is 24.3 Å². The summed E-state index contributed by atoms with van der Waals surface area (Å²) in [6.45, 7) is 2.14. The van der Waals surface area contributed by atoms with E-state index in [2.05, 4.69) is 5.32 Å². The fraction of sp³-hybridized carbons (Fsp3) is 0.526. The summed E-state index contributed by atoms with van der Waals surface area (Å²) in [7, 11) is 0. The minimum Gasteiger partial charge on any atom is -0.508 e. The van der Waals surface area contributed by atoms with E-state index in [4.69, 9.17) is 4.74 Å². The lowest BCUT2D eigenvalue weighted by atomic mass is 9.93. The number of rotatable bonds is 12. The van der Waals surface area contributed by atoms with Crippen molar-refractivity contribution in [3.63, 3.8) is 0 Å². The summed E-state index contributed by atoms with van der Waals surface area (Å²) in [4.78, 5) is 34.4. The molecule has 8 nitrogen and oxygen atoms in total. The smallest absolute Gasteiger partial charge is 0.407 e. The maximum absolute atomic E-state index is 11.6. The van der Waals surface area contributed by atoms with E-state index in [-0.39, 0.29) is 25.2 Å². The van der Waals surface area contributed by atoms with Crippen molar-refractivity contribution >= 4 is 18.0 Å². The molecule has 0 heterocycles. The van der Waals surface area contributed by atoms with Crippen LogP contribution >= 0.6 is 0 Å². The third-order valence-corrected chi connectivity index (χ3v) is 4.19. The molecule has 0 spiro atoms. The molecule has 8 heteroatoms. The van der Waals surface area contributed by atoms with Crippen molar-refractivity contribution in [3.05, 3.63) is 29.8 Å². The van der Waals surface area contributed by atoms with E-state index in [1.165, 1.54) is 12.1 Å². The highest BCUT2D eigenvalue weighted by molar-refractivity contribution is 5.80. The average Bonchev–Trinajstić information content (AvgIpc) is 2.61. The average molecular weight is 381 g/mol. The number of hydrogen-bond donors (Lipinski definition) is 4. The number of carbonyl (C=O) groups is 3. The van der Waals surface area contributed by atoms with E-state index in [1.807, 2.05) is 6.92 Å². The third-order valence-electron chi connectivity index (χ3n) is 4.19. The first kappa shape index (κ1) is 22.3. The summed E-state index contributed by atoms with van der Waals surface area (Å²) in [5, 5.41) is 30.1. The molecule has 150 valence electrons. The first-order valence-electron chi connectivity index (χ1n) is 9.00. The van der Waals surface area contributed by atoms with Gasteiger partial charge in [0.05, 0.1) is 12.5 Å². The van der Waals surface area contributed by atoms with E-state index < -0.39 is 30.0 Å². The van der Waals surface area contributed by atoms with E-state index in [1.54, 1.807) is 12.1 Å². The zero-order chi connectivity index (χ0) is 20.2. The summed E-state index contributed by atoms with van der Waals surface area (Å²) in [5.74, 6) is -2.85. The lowest BCUT2D eigenvalue weighted by Gasteiger charge is -2.17. The number of phenols is 1. The third kappa shape index (κ3) is 8.94. The SMILES string of the molecule is CCCCOC(=O)NC(CCC(CCc1ccc(O)cc1)C(=O)O)C(=O)O. The van der Waals surface area contributed by atoms with E-state index >= 15 is 0 Å². The number of ether oxygens (including phenoxy) is 1. The Hall–Kier alpha value is -2.77. The molecule has 4 N–H and O–H groups in total. The number of aromatic hydroxyl groups is 1. The van der Waals surface area contributed by atoms with Crippen molar-refractivity contribution in [1.82, 2.24) is 5.32 Å². The predicted octanol–water partition coefficient (Wildman–Crippen LogP) is 2.79. The number of nitrogens with one attached hydrogen (secondary N) is 1. The van der Waals surface area contributed by atoms with Crippen LogP contribution < -0.4 is 5.32 Å². The van der Waals surface area contributed by atoms with Gasteiger partial charge in [0.15, 0.2) is 0 Å². The zero-order valence-electron chi connectivity index (χ0n) is 15.4. The molecule has 0 saturated carbocycles. The van der Waals surface area contributed by atoms with E-state index in [0.29, 0.717) is 19.3 Å². The number of unbranched alkanes of at least 4 members (excludes halogenated alkanes) is 1. The second kappa shape index (κ2) is 11.8. The van der Waals surface area contributed by atoms with Gasteiger partial charge in [-0.2, -0.15) is 0 Å². The Morgan fingerprint density at radius 3 is 2.26 bits per heavy atom. The second-order valence-corrected chi connectivity index (χ2v) is 6.34. The molecule has 1 aromatic rings. The summed E-state index contributed by atoms with van der Waals surface area (Å²) in [5.41, 5.74) is 0.881. The Morgan fingerprint density at radius 2 is 1.70 bits per heavy atom. The van der Waals surface area contributed by atoms with Crippen LogP contribution in [0.1, 0.15) is 44.6 Å². The molecule has 0 aliphatic rings. The highest BCUT2D eigenvalue weighted by Crippen LogP contribution is 2.18. The minimum atomic E-state index is -1.23. The Kier molecular flexibility index (Phi) is 9.71. The van der Waals surface area contributed by atoms with Gasteiger partial charge in [-0.1, -0.05) is 25.5 Å². The molecule has 0 bridgehead atoms. The van der Waals surface area contributed by atoms with Gasteiger partial charge in [0, 0.05) is 0 Å². The van der Waals surface area contributed by atoms with Crippen LogP contribution in [0.4, 0.5) is 4.79 Å². The van der Waals surface area contributed by atoms with Gasteiger partial charge in [0.2, 0.25) is 0 Å². The Bertz CT molecular complexity index is 615. The summed E-state index contributed by atoms with van der Waals surface area (Å²) in [6.07, 6.45) is 1.63. The maximum atomic E-state index is 11.6. The lowest BCUT2D eigenvalue weighted by molar-refractivity contribution is -0.144. The van der Waals surface area contributed by atoms with Gasteiger partial charge in [-0.25, -0.2) is 9.59 Å². The predicted molar refractivity (Wildman–Crippen MR) is 97.6 cm³/mol. The van der Waals surface area contributed by atoms with Crippen LogP contribution in [0.25, 0.3) is 0 Å². The number of carbonyl (C=O) groups excluding carboxylic acids is 1. The first-order valence-corrected chi connectivity index (χ1v) is 9.00. The monoisotopic (exact) mass is 381 g/mol. The molecular formula is C19H27NO7. The number of carboxylic acid groups (broad SMARTS) is 2. The van der Waals surface area contributed by atoms with E-state index in [9.17, 15) is 29.7 Å². The number of carboxylic acids is 2. The molecule has 0 aliphatic carbocycles. The number of amides is 1. The standard InChI is InChI=1S/C19H27NO7/c1-2-3-12-27-19(26)20-16(18(24)25)11-8-14(17(22)23)7-4-13-5-9-15(21)10-6-13/h5-6,9-10,14,16,21H,2-4,7-8,11-12H2,1H3,(H,20,26)(H,22,23)(H,24,25). The Balaban J connectivity index is 2.53. The summed E-state index contributed by atoms with van der Waals surface area (Å²) in [6, 6.07) is 5.28. The van der Waals surface area contributed by atoms with Crippen molar-refractivity contribution in [2.24, 2.45) is 5.92 Å². The number of aliphatic carboxylic acids is 2. The molecule has 27 heavy (non-hydrogen) atoms. The molecule has 2 unspecified atom stereocenters. The van der Waals surface area contributed by atoms with Gasteiger partial charge in [0.25, 0.3) is 0 Å². The molecule has 1 aromatic carbocycles. The Morgan fingerprint density at radius 1 is 1.04 bits per heavy atom. The molecule has 0 aromatic heterocycles. The van der Waals surface area contributed by atoms with Crippen molar-refractivity contribution in [3.8, 4) is 5.75 Å². The van der Waals surface area contributed by atoms with Crippen molar-refractivity contribution in [2.75, 3.05) is 6.61 Å². The molecule has 0 radical (unpaired) electrons. The molecule has 0 aliphatic heterocycles. The number of aryl methyl sites for hydroxylation is 1. The van der Waals surface area contributed by atoms with Crippen LogP contribution in [-0.4, -0.2) is 46.0 Å². The van der Waals surface area contributed by atoms with Crippen LogP contribution in [-0.2, 0) is 20.7 Å². The molecule has 0 fully saturated rings. The molecular weight excluding hydrogens is 354 g/mol. The van der Waals surface area contributed by atoms with Gasteiger partial charge >= 0.3 is 18.0 Å². The second-order valence-electron chi connectivity index (χ2n) is 6.34. The van der Waals surface area contributed by atoms with Gasteiger partial charge in [0.1, 0.15) is 11.8 Å². The lowest BCUT2D eigenvalue weighted by Crippen LogP contribution is -2.41. The van der Waals surface area contributed by atoms with Gasteiger partial charge in [-0.3, -0.25) is 4.79 Å². The minimum absolute atomic E-state index is 0.00917. The van der Waals surface area contributed by atoms with Gasteiger partial charge in [-0.15, -0.1) is 0 Å². The number of hydrogen-bond acceptors (Lipinski definition) is 5. The highest BCUT2D eigenvalue weighted by atomic mass is 16.5. The molecule has 1 amide bonds. The fourth-order valence-corrected chi connectivity index (χ4v) is 2.51. The quantitative estimate of drug-likeness (QED) is 0.409. The number of alkyl carbamates (subject to hydrolysis) is 1. The van der Waals surface area contributed by atoms with Crippen molar-refractivity contribution in [1.29, 1.82) is 0 Å². The van der Waals surface area contributed by atoms with Crippen LogP contribution in [0.5, 0.6) is 5.75 Å². The van der Waals surface area contributed by atoms with E-state index in [0.717, 1.165) is 12.0 Å². The zero-order valence-corrected chi connectivity index (χ0v) is 15.4. The molecule has 2 atom stereocenters. The van der Waals surface area contributed by atoms with Crippen LogP contribution in [0, 0.1) is 5.92 Å². The maximum Gasteiger partial charge on any atom is 0.407 e. The highest BCUT2D eigenvalue weighted by Gasteiger charge is 2.25. The van der Waals surface area contributed by atoms with Gasteiger partial charge in [-0.05, 0) is 49.8 Å². The summed E-state index contributed by atoms with van der Waals surface area (Å²) >= 11 is 0. The van der Waals surface area contributed by atoms with Crippen LogP contribution in [0.2, 0.25) is 0 Å². The number of benzene rings is 1.